The number of aryl methyl sites for hydroxylation is 1. The number of halogens is 1. The Morgan fingerprint density at radius 1 is 1.10 bits per heavy atom. The molecule has 0 aliphatic heterocycles. The van der Waals surface area contributed by atoms with Crippen molar-refractivity contribution in [3.8, 4) is 5.75 Å². The van der Waals surface area contributed by atoms with Crippen molar-refractivity contribution in [1.29, 1.82) is 0 Å². The molecule has 3 rings (SSSR count). The van der Waals surface area contributed by atoms with Crippen molar-refractivity contribution >= 4 is 28.9 Å². The van der Waals surface area contributed by atoms with Crippen LogP contribution in [0.4, 0.5) is 11.4 Å². The van der Waals surface area contributed by atoms with Crippen LogP contribution in [0.15, 0.2) is 72.8 Å². The Kier molecular flexibility index (Phi) is 7.59. The van der Waals surface area contributed by atoms with Crippen LogP contribution in [0, 0.1) is 17.0 Å². The van der Waals surface area contributed by atoms with Crippen LogP contribution in [-0.4, -0.2) is 24.0 Å². The van der Waals surface area contributed by atoms with E-state index in [1.807, 2.05) is 61.5 Å². The minimum Gasteiger partial charge on any atom is -0.492 e. The van der Waals surface area contributed by atoms with Gasteiger partial charge in [-0.05, 0) is 30.7 Å². The van der Waals surface area contributed by atoms with Gasteiger partial charge in [-0.1, -0.05) is 59.6 Å². The number of rotatable bonds is 9. The van der Waals surface area contributed by atoms with E-state index in [-0.39, 0.29) is 16.6 Å². The predicted octanol–water partition coefficient (Wildman–Crippen LogP) is 4.91. The first-order chi connectivity index (χ1) is 14.9. The van der Waals surface area contributed by atoms with E-state index in [0.29, 0.717) is 18.8 Å². The highest BCUT2D eigenvalue weighted by molar-refractivity contribution is 6.34. The number of hydrogen-bond acceptors (Lipinski definition) is 5. The Hall–Kier alpha value is -3.42. The summed E-state index contributed by atoms with van der Waals surface area (Å²) in [4.78, 5) is 23.3. The van der Waals surface area contributed by atoms with E-state index in [9.17, 15) is 14.9 Å². The zero-order valence-electron chi connectivity index (χ0n) is 16.9. The maximum absolute atomic E-state index is 13.0. The molecule has 0 aliphatic carbocycles. The third-order valence-corrected chi connectivity index (χ3v) is 4.87. The van der Waals surface area contributed by atoms with Crippen LogP contribution in [0.25, 0.3) is 0 Å². The van der Waals surface area contributed by atoms with E-state index in [2.05, 4.69) is 10.6 Å². The number of carbonyl (C=O) groups excluding carboxylic acids is 1. The fourth-order valence-electron chi connectivity index (χ4n) is 2.94. The number of ether oxygens (including phenoxy) is 1. The summed E-state index contributed by atoms with van der Waals surface area (Å²) < 4.78 is 5.72. The second-order valence-electron chi connectivity index (χ2n) is 6.87. The van der Waals surface area contributed by atoms with Crippen LogP contribution >= 0.6 is 11.6 Å². The third-order valence-electron chi connectivity index (χ3n) is 4.56. The van der Waals surface area contributed by atoms with Gasteiger partial charge in [0.1, 0.15) is 18.4 Å². The summed E-state index contributed by atoms with van der Waals surface area (Å²) in [6.07, 6.45) is 0. The molecule has 0 aromatic heterocycles. The predicted molar refractivity (Wildman–Crippen MR) is 121 cm³/mol. The molecule has 0 fully saturated rings. The zero-order chi connectivity index (χ0) is 22.2. The topological polar surface area (TPSA) is 93.5 Å². The van der Waals surface area contributed by atoms with Crippen molar-refractivity contribution in [2.24, 2.45) is 0 Å². The lowest BCUT2D eigenvalue weighted by atomic mass is 10.1. The van der Waals surface area contributed by atoms with Crippen LogP contribution in [0.3, 0.4) is 0 Å². The summed E-state index contributed by atoms with van der Waals surface area (Å²) in [7, 11) is 0. The zero-order valence-corrected chi connectivity index (χ0v) is 17.6. The van der Waals surface area contributed by atoms with Crippen molar-refractivity contribution < 1.29 is 14.5 Å². The van der Waals surface area contributed by atoms with Gasteiger partial charge in [0.2, 0.25) is 5.91 Å². The molecule has 0 aliphatic rings. The van der Waals surface area contributed by atoms with Gasteiger partial charge in [0.25, 0.3) is 5.69 Å². The number of nitrogens with zero attached hydrogens (tertiary/aromatic N) is 1. The third kappa shape index (κ3) is 6.28. The average Bonchev–Trinajstić information content (AvgIpc) is 2.76. The quantitative estimate of drug-likeness (QED) is 0.281. The largest absolute Gasteiger partial charge is 0.492 e. The standard InChI is InChI=1S/C23H22ClN3O4/c1-16-7-10-19(11-8-16)31-14-13-25-22(17-5-3-2-4-6-17)23(28)26-21-12-9-18(27(29)30)15-20(21)24/h2-12,15,22,25H,13-14H2,1H3,(H,26,28). The van der Waals surface area contributed by atoms with E-state index >= 15 is 0 Å². The summed E-state index contributed by atoms with van der Waals surface area (Å²) in [6.45, 7) is 2.80. The SMILES string of the molecule is Cc1ccc(OCCNC(C(=O)Nc2ccc([N+](=O)[O-])cc2Cl)c2ccccc2)cc1. The number of nitrogens with one attached hydrogen (secondary N) is 2. The second-order valence-corrected chi connectivity index (χ2v) is 7.28. The summed E-state index contributed by atoms with van der Waals surface area (Å²) in [5.74, 6) is 0.420. The molecule has 1 atom stereocenters. The molecule has 0 bridgehead atoms. The minimum atomic E-state index is -0.658. The number of anilines is 1. The molecule has 1 amide bonds. The molecule has 3 aromatic carbocycles. The van der Waals surface area contributed by atoms with E-state index in [4.69, 9.17) is 16.3 Å². The van der Waals surface area contributed by atoms with Gasteiger partial charge >= 0.3 is 0 Å². The Morgan fingerprint density at radius 3 is 2.45 bits per heavy atom. The summed E-state index contributed by atoms with van der Waals surface area (Å²) in [5, 5.41) is 16.9. The molecule has 8 heteroatoms. The van der Waals surface area contributed by atoms with Crippen LogP contribution in [0.1, 0.15) is 17.2 Å². The Balaban J connectivity index is 1.66. The molecular weight excluding hydrogens is 418 g/mol. The van der Waals surface area contributed by atoms with Gasteiger partial charge in [0.05, 0.1) is 15.6 Å². The van der Waals surface area contributed by atoms with Crippen LogP contribution < -0.4 is 15.4 Å². The molecule has 0 radical (unpaired) electrons. The first kappa shape index (κ1) is 22.3. The lowest BCUT2D eigenvalue weighted by Crippen LogP contribution is -2.35. The number of hydrogen-bond donors (Lipinski definition) is 2. The highest BCUT2D eigenvalue weighted by Gasteiger charge is 2.21. The van der Waals surface area contributed by atoms with Crippen molar-refractivity contribution in [2.75, 3.05) is 18.5 Å². The lowest BCUT2D eigenvalue weighted by molar-refractivity contribution is -0.384. The first-order valence-electron chi connectivity index (χ1n) is 9.66. The van der Waals surface area contributed by atoms with E-state index in [1.54, 1.807) is 0 Å². The highest BCUT2D eigenvalue weighted by Crippen LogP contribution is 2.27. The van der Waals surface area contributed by atoms with Gasteiger partial charge in [-0.15, -0.1) is 0 Å². The minimum absolute atomic E-state index is 0.0945. The molecule has 0 saturated heterocycles. The van der Waals surface area contributed by atoms with E-state index < -0.39 is 11.0 Å². The molecule has 160 valence electrons. The Labute approximate surface area is 185 Å². The average molecular weight is 440 g/mol. The maximum Gasteiger partial charge on any atom is 0.271 e. The molecular formula is C23H22ClN3O4. The summed E-state index contributed by atoms with van der Waals surface area (Å²) in [6, 6.07) is 20.2. The van der Waals surface area contributed by atoms with Crippen molar-refractivity contribution in [3.05, 3.63) is 99.1 Å². The number of non-ortho nitro benzene ring substituents is 1. The van der Waals surface area contributed by atoms with Gasteiger partial charge in [-0.2, -0.15) is 0 Å². The number of carbonyl (C=O) groups is 1. The summed E-state index contributed by atoms with van der Waals surface area (Å²) >= 11 is 6.11. The molecule has 0 heterocycles. The molecule has 2 N–H and O–H groups in total. The van der Waals surface area contributed by atoms with Gasteiger partial charge in [-0.25, -0.2) is 0 Å². The summed E-state index contributed by atoms with van der Waals surface area (Å²) in [5.41, 5.74) is 2.08. The fraction of sp³-hybridized carbons (Fsp3) is 0.174. The monoisotopic (exact) mass is 439 g/mol. The second kappa shape index (κ2) is 10.6. The normalized spacial score (nSPS) is 11.5. The lowest BCUT2D eigenvalue weighted by Gasteiger charge is -2.19. The Morgan fingerprint density at radius 2 is 1.81 bits per heavy atom. The van der Waals surface area contributed by atoms with Gasteiger partial charge in [-0.3, -0.25) is 20.2 Å². The smallest absolute Gasteiger partial charge is 0.271 e. The molecule has 7 nitrogen and oxygen atoms in total. The number of benzene rings is 3. The first-order valence-corrected chi connectivity index (χ1v) is 10.0. The van der Waals surface area contributed by atoms with Gasteiger partial charge in [0.15, 0.2) is 0 Å². The molecule has 1 unspecified atom stereocenters. The van der Waals surface area contributed by atoms with E-state index in [0.717, 1.165) is 16.9 Å². The molecule has 31 heavy (non-hydrogen) atoms. The number of amides is 1. The van der Waals surface area contributed by atoms with Crippen LogP contribution in [-0.2, 0) is 4.79 Å². The van der Waals surface area contributed by atoms with E-state index in [1.165, 1.54) is 18.2 Å². The fourth-order valence-corrected chi connectivity index (χ4v) is 3.16. The van der Waals surface area contributed by atoms with Crippen LogP contribution in [0.2, 0.25) is 5.02 Å². The van der Waals surface area contributed by atoms with Gasteiger partial charge < -0.3 is 10.1 Å². The van der Waals surface area contributed by atoms with Gasteiger partial charge in [0, 0.05) is 18.7 Å². The number of nitro groups is 1. The molecule has 3 aromatic rings. The molecule has 0 saturated carbocycles. The number of nitro benzene ring substituents is 1. The van der Waals surface area contributed by atoms with Crippen molar-refractivity contribution in [3.63, 3.8) is 0 Å². The maximum atomic E-state index is 13.0. The molecule has 0 spiro atoms. The van der Waals surface area contributed by atoms with Crippen molar-refractivity contribution in [2.45, 2.75) is 13.0 Å². The van der Waals surface area contributed by atoms with Crippen molar-refractivity contribution in [1.82, 2.24) is 5.32 Å². The van der Waals surface area contributed by atoms with Crippen LogP contribution in [0.5, 0.6) is 5.75 Å². The Bertz CT molecular complexity index is 1040. The highest BCUT2D eigenvalue weighted by atomic mass is 35.5.